The van der Waals surface area contributed by atoms with E-state index >= 15 is 0 Å². The highest BCUT2D eigenvalue weighted by Crippen LogP contribution is 2.20. The van der Waals surface area contributed by atoms with Crippen LogP contribution in [0.4, 0.5) is 0 Å². The van der Waals surface area contributed by atoms with E-state index in [9.17, 15) is 4.79 Å². The van der Waals surface area contributed by atoms with E-state index in [4.69, 9.17) is 9.15 Å². The van der Waals surface area contributed by atoms with E-state index in [-0.39, 0.29) is 5.91 Å². The number of oxazole rings is 1. The van der Waals surface area contributed by atoms with Crippen LogP contribution in [0.1, 0.15) is 31.7 Å². The van der Waals surface area contributed by atoms with Crippen molar-refractivity contribution in [2.75, 3.05) is 26.2 Å². The van der Waals surface area contributed by atoms with Gasteiger partial charge >= 0.3 is 0 Å². The summed E-state index contributed by atoms with van der Waals surface area (Å²) in [5.74, 6) is 2.05. The van der Waals surface area contributed by atoms with Gasteiger partial charge in [0.05, 0.1) is 6.20 Å². The van der Waals surface area contributed by atoms with Crippen LogP contribution in [0.3, 0.4) is 0 Å². The van der Waals surface area contributed by atoms with Gasteiger partial charge in [-0.25, -0.2) is 4.98 Å². The first-order valence-electron chi connectivity index (χ1n) is 10.9. The number of nitrogens with one attached hydrogen (secondary N) is 1. The minimum absolute atomic E-state index is 0.0441. The van der Waals surface area contributed by atoms with Gasteiger partial charge in [-0.05, 0) is 19.2 Å². The Morgan fingerprint density at radius 1 is 1.06 bits per heavy atom. The lowest BCUT2D eigenvalue weighted by Gasteiger charge is -2.19. The molecule has 6 nitrogen and oxygen atoms in total. The van der Waals surface area contributed by atoms with Crippen LogP contribution in [0, 0.1) is 0 Å². The zero-order valence-electron chi connectivity index (χ0n) is 18.3. The van der Waals surface area contributed by atoms with Crippen LogP contribution >= 0.6 is 0 Å². The van der Waals surface area contributed by atoms with E-state index < -0.39 is 0 Å². The third-order valence-corrected chi connectivity index (χ3v) is 5.19. The van der Waals surface area contributed by atoms with Gasteiger partial charge in [-0.15, -0.1) is 0 Å². The van der Waals surface area contributed by atoms with Crippen LogP contribution in [-0.4, -0.2) is 42.0 Å². The number of carbonyl (C=O) groups excluding carboxylic acids is 1. The number of nitrogens with zero attached hydrogens (tertiary/aromatic N) is 2. The Morgan fingerprint density at radius 3 is 2.58 bits per heavy atom. The summed E-state index contributed by atoms with van der Waals surface area (Å²) in [4.78, 5) is 18.9. The lowest BCUT2D eigenvalue weighted by Crippen LogP contribution is -2.28. The molecule has 164 valence electrons. The zero-order valence-corrected chi connectivity index (χ0v) is 18.3. The third kappa shape index (κ3) is 6.96. The van der Waals surface area contributed by atoms with Gasteiger partial charge in [0.15, 0.2) is 11.7 Å². The SMILES string of the molecule is CCN(CC)CCOc1ccccc1CNC(=O)CCc1ncc(-c2ccccc2)o1. The molecular weight excluding hydrogens is 390 g/mol. The van der Waals surface area contributed by atoms with E-state index in [0.29, 0.717) is 37.6 Å². The summed E-state index contributed by atoms with van der Waals surface area (Å²) in [6.07, 6.45) is 2.48. The van der Waals surface area contributed by atoms with Crippen molar-refractivity contribution < 1.29 is 13.9 Å². The van der Waals surface area contributed by atoms with Gasteiger partial charge in [-0.1, -0.05) is 62.4 Å². The van der Waals surface area contributed by atoms with Crippen molar-refractivity contribution in [3.05, 3.63) is 72.2 Å². The zero-order chi connectivity index (χ0) is 21.9. The molecule has 0 saturated carbocycles. The average molecular weight is 422 g/mol. The molecule has 0 radical (unpaired) electrons. The summed E-state index contributed by atoms with van der Waals surface area (Å²) in [5, 5.41) is 2.97. The Balaban J connectivity index is 1.45. The minimum atomic E-state index is -0.0441. The molecule has 3 aromatic rings. The van der Waals surface area contributed by atoms with Crippen LogP contribution in [0.15, 0.2) is 65.2 Å². The van der Waals surface area contributed by atoms with E-state index in [1.165, 1.54) is 0 Å². The normalized spacial score (nSPS) is 10.9. The van der Waals surface area contributed by atoms with Crippen molar-refractivity contribution in [2.45, 2.75) is 33.2 Å². The van der Waals surface area contributed by atoms with E-state index in [0.717, 1.165) is 36.5 Å². The number of ether oxygens (including phenoxy) is 1. The molecule has 0 atom stereocenters. The predicted molar refractivity (Wildman–Crippen MR) is 122 cm³/mol. The van der Waals surface area contributed by atoms with Crippen LogP contribution in [-0.2, 0) is 17.8 Å². The van der Waals surface area contributed by atoms with Crippen molar-refractivity contribution in [1.29, 1.82) is 0 Å². The number of benzene rings is 2. The van der Waals surface area contributed by atoms with Gasteiger partial charge < -0.3 is 19.4 Å². The van der Waals surface area contributed by atoms with Crippen molar-refractivity contribution in [2.24, 2.45) is 0 Å². The topological polar surface area (TPSA) is 67.6 Å². The molecule has 0 spiro atoms. The number of aryl methyl sites for hydroxylation is 1. The molecule has 3 rings (SSSR count). The number of carbonyl (C=O) groups is 1. The lowest BCUT2D eigenvalue weighted by atomic mass is 10.2. The average Bonchev–Trinajstić information content (AvgIpc) is 3.29. The van der Waals surface area contributed by atoms with Crippen LogP contribution < -0.4 is 10.1 Å². The molecule has 1 aromatic heterocycles. The fourth-order valence-electron chi connectivity index (χ4n) is 3.28. The summed E-state index contributed by atoms with van der Waals surface area (Å²) in [6, 6.07) is 17.6. The maximum atomic E-state index is 12.3. The van der Waals surface area contributed by atoms with Crippen molar-refractivity contribution >= 4 is 5.91 Å². The molecular formula is C25H31N3O3. The largest absolute Gasteiger partial charge is 0.492 e. The number of aromatic nitrogens is 1. The fraction of sp³-hybridized carbons (Fsp3) is 0.360. The molecule has 0 aliphatic heterocycles. The van der Waals surface area contributed by atoms with E-state index in [2.05, 4.69) is 29.0 Å². The van der Waals surface area contributed by atoms with Crippen molar-refractivity contribution in [1.82, 2.24) is 15.2 Å². The van der Waals surface area contributed by atoms with Gasteiger partial charge in [0, 0.05) is 37.1 Å². The Morgan fingerprint density at radius 2 is 1.81 bits per heavy atom. The molecule has 0 fully saturated rings. The van der Waals surface area contributed by atoms with Crippen molar-refractivity contribution in [3.63, 3.8) is 0 Å². The van der Waals surface area contributed by atoms with Crippen LogP contribution in [0.5, 0.6) is 5.75 Å². The molecule has 0 saturated heterocycles. The highest BCUT2D eigenvalue weighted by molar-refractivity contribution is 5.76. The number of rotatable bonds is 12. The number of para-hydroxylation sites is 1. The molecule has 0 aliphatic carbocycles. The first-order chi connectivity index (χ1) is 15.2. The second-order valence-electron chi connectivity index (χ2n) is 7.24. The molecule has 0 aliphatic rings. The van der Waals surface area contributed by atoms with E-state index in [1.54, 1.807) is 6.20 Å². The lowest BCUT2D eigenvalue weighted by molar-refractivity contribution is -0.121. The standard InChI is InChI=1S/C25H31N3O3/c1-3-28(4-2)16-17-30-22-13-9-8-12-21(22)18-26-24(29)14-15-25-27-19-23(31-25)20-10-6-5-7-11-20/h5-13,19H,3-4,14-18H2,1-2H3,(H,26,29). The molecule has 6 heteroatoms. The Bertz CT molecular complexity index is 936. The van der Waals surface area contributed by atoms with Gasteiger partial charge in [0.1, 0.15) is 12.4 Å². The number of likely N-dealkylation sites (N-methyl/N-ethyl adjacent to an activating group) is 1. The second-order valence-corrected chi connectivity index (χ2v) is 7.24. The van der Waals surface area contributed by atoms with E-state index in [1.807, 2.05) is 54.6 Å². The monoisotopic (exact) mass is 421 g/mol. The Labute approximate surface area is 184 Å². The summed E-state index contributed by atoms with van der Waals surface area (Å²) < 4.78 is 11.7. The molecule has 1 heterocycles. The third-order valence-electron chi connectivity index (χ3n) is 5.19. The predicted octanol–water partition coefficient (Wildman–Crippen LogP) is 4.31. The maximum absolute atomic E-state index is 12.3. The Hall–Kier alpha value is -3.12. The molecule has 0 unspecified atom stereocenters. The van der Waals surface area contributed by atoms with Crippen LogP contribution in [0.25, 0.3) is 11.3 Å². The second kappa shape index (κ2) is 11.9. The number of hydrogen-bond donors (Lipinski definition) is 1. The van der Waals surface area contributed by atoms with Gasteiger partial charge in [-0.3, -0.25) is 4.79 Å². The van der Waals surface area contributed by atoms with Gasteiger partial charge in [-0.2, -0.15) is 0 Å². The van der Waals surface area contributed by atoms with Crippen molar-refractivity contribution in [3.8, 4) is 17.1 Å². The fourth-order valence-corrected chi connectivity index (χ4v) is 3.28. The van der Waals surface area contributed by atoms with Gasteiger partial charge in [0.25, 0.3) is 0 Å². The minimum Gasteiger partial charge on any atom is -0.492 e. The summed E-state index contributed by atoms with van der Waals surface area (Å²) in [6.45, 7) is 8.25. The summed E-state index contributed by atoms with van der Waals surface area (Å²) >= 11 is 0. The maximum Gasteiger partial charge on any atom is 0.220 e. The first kappa shape index (κ1) is 22.6. The summed E-state index contributed by atoms with van der Waals surface area (Å²) in [7, 11) is 0. The highest BCUT2D eigenvalue weighted by Gasteiger charge is 2.10. The highest BCUT2D eigenvalue weighted by atomic mass is 16.5. The number of hydrogen-bond acceptors (Lipinski definition) is 5. The molecule has 1 amide bonds. The van der Waals surface area contributed by atoms with Crippen LogP contribution in [0.2, 0.25) is 0 Å². The molecule has 2 aromatic carbocycles. The smallest absolute Gasteiger partial charge is 0.220 e. The molecule has 1 N–H and O–H groups in total. The Kier molecular flexibility index (Phi) is 8.67. The first-order valence-corrected chi connectivity index (χ1v) is 10.9. The van der Waals surface area contributed by atoms with Gasteiger partial charge in [0.2, 0.25) is 5.91 Å². The quantitative estimate of drug-likeness (QED) is 0.472. The molecule has 0 bridgehead atoms. The summed E-state index contributed by atoms with van der Waals surface area (Å²) in [5.41, 5.74) is 1.95. The number of amides is 1. The molecule has 31 heavy (non-hydrogen) atoms.